The van der Waals surface area contributed by atoms with E-state index in [1.165, 1.54) is 0 Å². The van der Waals surface area contributed by atoms with Gasteiger partial charge in [-0.1, -0.05) is 19.8 Å². The monoisotopic (exact) mass is 276 g/mol. The van der Waals surface area contributed by atoms with Crippen LogP contribution in [0.2, 0.25) is 5.28 Å². The second-order valence-electron chi connectivity index (χ2n) is 4.23. The molecule has 19 heavy (non-hydrogen) atoms. The molecule has 2 aromatic rings. The molecule has 0 amide bonds. The van der Waals surface area contributed by atoms with E-state index in [9.17, 15) is 0 Å². The van der Waals surface area contributed by atoms with Crippen LogP contribution in [0.4, 0.5) is 5.95 Å². The number of nitrogens with one attached hydrogen (secondary N) is 1. The first-order chi connectivity index (χ1) is 9.10. The molecule has 2 aromatic heterocycles. The molecule has 1 atom stereocenters. The van der Waals surface area contributed by atoms with Gasteiger partial charge in [0.15, 0.2) is 0 Å². The number of hydrogen-bond acceptors (Lipinski definition) is 5. The van der Waals surface area contributed by atoms with Gasteiger partial charge in [0.25, 0.3) is 0 Å². The molecule has 0 aromatic carbocycles. The van der Waals surface area contributed by atoms with Crippen LogP contribution in [-0.2, 0) is 0 Å². The van der Waals surface area contributed by atoms with Crippen LogP contribution in [0.3, 0.4) is 0 Å². The van der Waals surface area contributed by atoms with Crippen LogP contribution >= 0.6 is 11.6 Å². The van der Waals surface area contributed by atoms with E-state index in [0.717, 1.165) is 0 Å². The Balaban J connectivity index is 2.30. The largest absolute Gasteiger partial charge is 0.340 e. The Morgan fingerprint density at radius 1 is 1.37 bits per heavy atom. The number of aromatic nitrogens is 5. The Hall–Kier alpha value is -2.13. The molecule has 1 N–H and O–H groups in total. The van der Waals surface area contributed by atoms with Gasteiger partial charge in [-0.05, 0) is 17.5 Å². The first-order valence-electron chi connectivity index (χ1n) is 5.72. The summed E-state index contributed by atoms with van der Waals surface area (Å²) in [5, 5.41) is 3.15. The number of anilines is 1. The molecule has 0 aliphatic rings. The van der Waals surface area contributed by atoms with Gasteiger partial charge in [0.05, 0.1) is 6.04 Å². The fourth-order valence-corrected chi connectivity index (χ4v) is 1.59. The summed E-state index contributed by atoms with van der Waals surface area (Å²) in [6.07, 6.45) is 10.4. The molecule has 0 aliphatic carbocycles. The molecule has 2 rings (SSSR count). The minimum atomic E-state index is -0.172. The van der Waals surface area contributed by atoms with Gasteiger partial charge >= 0.3 is 0 Å². The van der Waals surface area contributed by atoms with Gasteiger partial charge in [0, 0.05) is 12.4 Å². The van der Waals surface area contributed by atoms with Gasteiger partial charge in [-0.2, -0.15) is 15.0 Å². The Bertz CT molecular complexity index is 587. The zero-order valence-electron chi connectivity index (χ0n) is 10.6. The first kappa shape index (κ1) is 13.3. The highest BCUT2D eigenvalue weighted by Crippen LogP contribution is 2.12. The predicted molar refractivity (Wildman–Crippen MR) is 73.0 cm³/mol. The van der Waals surface area contributed by atoms with Gasteiger partial charge in [0.2, 0.25) is 17.2 Å². The smallest absolute Gasteiger partial charge is 0.241 e. The average molecular weight is 277 g/mol. The fourth-order valence-electron chi connectivity index (χ4n) is 1.44. The maximum atomic E-state index is 5.89. The summed E-state index contributed by atoms with van der Waals surface area (Å²) in [5.74, 6) is 3.63. The summed E-state index contributed by atoms with van der Waals surface area (Å²) < 4.78 is 1.64. The highest BCUT2D eigenvalue weighted by molar-refractivity contribution is 6.28. The van der Waals surface area contributed by atoms with Crippen LogP contribution in [0.25, 0.3) is 5.95 Å². The lowest BCUT2D eigenvalue weighted by atomic mass is 10.1. The van der Waals surface area contributed by atoms with Crippen molar-refractivity contribution in [2.75, 3.05) is 5.32 Å². The average Bonchev–Trinajstić information content (AvgIpc) is 2.88. The normalized spacial score (nSPS) is 12.2. The Kier molecular flexibility index (Phi) is 3.97. The SMILES string of the molecule is C#CC(Nc1nc(Cl)nc(-n2ccnc2)n1)C(C)C. The molecule has 2 heterocycles. The molecule has 0 bridgehead atoms. The summed E-state index contributed by atoms with van der Waals surface area (Å²) >= 11 is 5.89. The molecule has 0 saturated heterocycles. The second kappa shape index (κ2) is 5.67. The minimum Gasteiger partial charge on any atom is -0.340 e. The second-order valence-corrected chi connectivity index (χ2v) is 4.57. The molecule has 0 fully saturated rings. The van der Waals surface area contributed by atoms with Crippen molar-refractivity contribution in [1.29, 1.82) is 0 Å². The molecule has 6 nitrogen and oxygen atoms in total. The lowest BCUT2D eigenvalue weighted by molar-refractivity contribution is 0.609. The maximum Gasteiger partial charge on any atom is 0.241 e. The predicted octanol–water partition coefficient (Wildman–Crippen LogP) is 1.78. The molecule has 7 heteroatoms. The highest BCUT2D eigenvalue weighted by atomic mass is 35.5. The van der Waals surface area contributed by atoms with E-state index in [1.54, 1.807) is 23.3 Å². The molecule has 0 spiro atoms. The standard InChI is InChI=1S/C12H13ClN6/c1-4-9(8(2)3)15-11-16-10(13)17-12(18-11)19-6-5-14-7-19/h1,5-9H,2-3H3,(H,15,16,17,18). The van der Waals surface area contributed by atoms with Crippen LogP contribution in [0.1, 0.15) is 13.8 Å². The number of hydrogen-bond donors (Lipinski definition) is 1. The van der Waals surface area contributed by atoms with Gasteiger partial charge in [-0.3, -0.25) is 4.57 Å². The Morgan fingerprint density at radius 3 is 2.74 bits per heavy atom. The third-order valence-corrected chi connectivity index (χ3v) is 2.63. The van der Waals surface area contributed by atoms with Crippen LogP contribution in [-0.4, -0.2) is 30.5 Å². The third kappa shape index (κ3) is 3.20. The Morgan fingerprint density at radius 2 is 2.16 bits per heavy atom. The minimum absolute atomic E-state index is 0.0979. The van der Waals surface area contributed by atoms with Crippen molar-refractivity contribution in [3.05, 3.63) is 24.0 Å². The summed E-state index contributed by atoms with van der Waals surface area (Å²) in [6.45, 7) is 4.02. The van der Waals surface area contributed by atoms with E-state index in [1.807, 2.05) is 13.8 Å². The molecule has 1 unspecified atom stereocenters. The molecule has 0 saturated carbocycles. The quantitative estimate of drug-likeness (QED) is 0.862. The van der Waals surface area contributed by atoms with E-state index < -0.39 is 0 Å². The van der Waals surface area contributed by atoms with Gasteiger partial charge in [0.1, 0.15) is 6.33 Å². The number of terminal acetylenes is 1. The zero-order valence-corrected chi connectivity index (χ0v) is 11.3. The number of rotatable bonds is 4. The molecule has 98 valence electrons. The molecule has 0 aliphatic heterocycles. The van der Waals surface area contributed by atoms with E-state index in [4.69, 9.17) is 18.0 Å². The maximum absolute atomic E-state index is 5.89. The van der Waals surface area contributed by atoms with E-state index in [0.29, 0.717) is 11.9 Å². The lowest BCUT2D eigenvalue weighted by Crippen LogP contribution is -2.25. The fraction of sp³-hybridized carbons (Fsp3) is 0.333. The van der Waals surface area contributed by atoms with E-state index >= 15 is 0 Å². The van der Waals surface area contributed by atoms with E-state index in [2.05, 4.69) is 31.2 Å². The van der Waals surface area contributed by atoms with E-state index in [-0.39, 0.29) is 17.2 Å². The van der Waals surface area contributed by atoms with Crippen LogP contribution in [0, 0.1) is 18.3 Å². The summed E-state index contributed by atoms with van der Waals surface area (Å²) in [4.78, 5) is 16.2. The molecular formula is C12H13ClN6. The number of imidazole rings is 1. The topological polar surface area (TPSA) is 68.5 Å². The third-order valence-electron chi connectivity index (χ3n) is 2.46. The van der Waals surface area contributed by atoms with Crippen molar-refractivity contribution < 1.29 is 0 Å². The van der Waals surface area contributed by atoms with Crippen molar-refractivity contribution in [2.24, 2.45) is 5.92 Å². The van der Waals surface area contributed by atoms with Crippen LogP contribution in [0.15, 0.2) is 18.7 Å². The zero-order chi connectivity index (χ0) is 13.8. The summed E-state index contributed by atoms with van der Waals surface area (Å²) in [7, 11) is 0. The van der Waals surface area contributed by atoms with Crippen LogP contribution in [0.5, 0.6) is 0 Å². The molecule has 0 radical (unpaired) electrons. The Labute approximate surface area is 116 Å². The summed E-state index contributed by atoms with van der Waals surface area (Å²) in [5.41, 5.74) is 0. The molecular weight excluding hydrogens is 264 g/mol. The van der Waals surface area contributed by atoms with Crippen molar-refractivity contribution in [3.8, 4) is 18.3 Å². The van der Waals surface area contributed by atoms with Crippen molar-refractivity contribution in [1.82, 2.24) is 24.5 Å². The van der Waals surface area contributed by atoms with Crippen molar-refractivity contribution >= 4 is 17.5 Å². The van der Waals surface area contributed by atoms with Gasteiger partial charge < -0.3 is 5.32 Å². The highest BCUT2D eigenvalue weighted by Gasteiger charge is 2.13. The lowest BCUT2D eigenvalue weighted by Gasteiger charge is -2.16. The van der Waals surface area contributed by atoms with Gasteiger partial charge in [-0.25, -0.2) is 4.98 Å². The van der Waals surface area contributed by atoms with Crippen molar-refractivity contribution in [3.63, 3.8) is 0 Å². The number of halogens is 1. The summed E-state index contributed by atoms with van der Waals surface area (Å²) in [6, 6.07) is -0.172. The number of nitrogens with zero attached hydrogens (tertiary/aromatic N) is 5. The van der Waals surface area contributed by atoms with Crippen molar-refractivity contribution in [2.45, 2.75) is 19.9 Å². The first-order valence-corrected chi connectivity index (χ1v) is 6.10. The van der Waals surface area contributed by atoms with Crippen LogP contribution < -0.4 is 5.32 Å². The van der Waals surface area contributed by atoms with Gasteiger partial charge in [-0.15, -0.1) is 6.42 Å².